The summed E-state index contributed by atoms with van der Waals surface area (Å²) >= 11 is 0. The summed E-state index contributed by atoms with van der Waals surface area (Å²) in [5.41, 5.74) is 3.26. The molecule has 0 aliphatic carbocycles. The third kappa shape index (κ3) is 5.60. The second-order valence-corrected chi connectivity index (χ2v) is 4.13. The maximum atomic E-state index is 11.9. The summed E-state index contributed by atoms with van der Waals surface area (Å²) < 4.78 is 9.68. The topological polar surface area (TPSA) is 71.1 Å². The normalized spacial score (nSPS) is 9.67. The van der Waals surface area contributed by atoms with E-state index in [2.05, 4.69) is 5.43 Å². The zero-order chi connectivity index (χ0) is 15.7. The van der Waals surface area contributed by atoms with Gasteiger partial charge in [0.25, 0.3) is 0 Å². The minimum Gasteiger partial charge on any atom is -0.449 e. The Bertz CT molecular complexity index is 453. The molecule has 0 heterocycles. The average molecular weight is 295 g/mol. The maximum absolute atomic E-state index is 11.9. The average Bonchev–Trinajstić information content (AvgIpc) is 2.48. The zero-order valence-electron chi connectivity index (χ0n) is 12.5. The Hall–Kier alpha value is -2.44. The van der Waals surface area contributed by atoms with Gasteiger partial charge >= 0.3 is 12.2 Å². The van der Waals surface area contributed by atoms with Crippen molar-refractivity contribution in [1.82, 2.24) is 10.4 Å². The molecule has 0 radical (unpaired) electrons. The van der Waals surface area contributed by atoms with Crippen LogP contribution in [0.1, 0.15) is 13.8 Å². The molecule has 0 spiro atoms. The molecular formula is C14H21N3O4. The number of rotatable bonds is 5. The molecule has 0 fully saturated rings. The van der Waals surface area contributed by atoms with E-state index >= 15 is 0 Å². The van der Waals surface area contributed by atoms with Gasteiger partial charge in [-0.05, 0) is 26.0 Å². The van der Waals surface area contributed by atoms with Gasteiger partial charge in [0.1, 0.15) is 6.67 Å². The molecule has 0 aliphatic rings. The van der Waals surface area contributed by atoms with Crippen LogP contribution in [0.15, 0.2) is 30.3 Å². The van der Waals surface area contributed by atoms with Gasteiger partial charge in [0.05, 0.1) is 13.2 Å². The number of nitrogens with one attached hydrogen (secondary N) is 1. The van der Waals surface area contributed by atoms with Crippen LogP contribution in [0.3, 0.4) is 0 Å². The third-order valence-corrected chi connectivity index (χ3v) is 2.54. The van der Waals surface area contributed by atoms with Crippen LogP contribution in [0.2, 0.25) is 0 Å². The lowest BCUT2D eigenvalue weighted by Gasteiger charge is -2.28. The fraction of sp³-hybridized carbons (Fsp3) is 0.429. The summed E-state index contributed by atoms with van der Waals surface area (Å²) in [5.74, 6) is 0. The van der Waals surface area contributed by atoms with Crippen LogP contribution in [-0.2, 0) is 9.47 Å². The first-order valence-electron chi connectivity index (χ1n) is 6.72. The Balaban J connectivity index is 2.72. The molecule has 0 saturated heterocycles. The molecule has 1 N–H and O–H groups in total. The molecule has 1 rings (SSSR count). The van der Waals surface area contributed by atoms with Gasteiger partial charge in [0.2, 0.25) is 0 Å². The molecule has 1 aromatic carbocycles. The molecule has 0 saturated carbocycles. The summed E-state index contributed by atoms with van der Waals surface area (Å²) in [6, 6.07) is 9.47. The number of benzene rings is 1. The number of hydrogen-bond acceptors (Lipinski definition) is 5. The van der Waals surface area contributed by atoms with Gasteiger partial charge in [0.15, 0.2) is 0 Å². The number of para-hydroxylation sites is 1. The molecule has 21 heavy (non-hydrogen) atoms. The van der Waals surface area contributed by atoms with E-state index in [1.54, 1.807) is 25.8 Å². The van der Waals surface area contributed by atoms with Gasteiger partial charge in [-0.15, -0.1) is 0 Å². The van der Waals surface area contributed by atoms with Crippen LogP contribution in [0.5, 0.6) is 0 Å². The number of carbonyl (C=O) groups excluding carboxylic acids is 2. The quantitative estimate of drug-likeness (QED) is 0.666. The van der Waals surface area contributed by atoms with E-state index in [1.807, 2.05) is 30.3 Å². The molecule has 0 atom stereocenters. The molecule has 2 amide bonds. The second kappa shape index (κ2) is 8.68. The summed E-state index contributed by atoms with van der Waals surface area (Å²) in [4.78, 5) is 25.1. The van der Waals surface area contributed by atoms with Crippen LogP contribution in [0.25, 0.3) is 0 Å². The first-order valence-corrected chi connectivity index (χ1v) is 6.72. The van der Waals surface area contributed by atoms with Crippen molar-refractivity contribution in [3.05, 3.63) is 30.3 Å². The number of ether oxygens (including phenoxy) is 2. The van der Waals surface area contributed by atoms with E-state index in [1.165, 1.54) is 0 Å². The van der Waals surface area contributed by atoms with Gasteiger partial charge in [-0.3, -0.25) is 0 Å². The van der Waals surface area contributed by atoms with E-state index < -0.39 is 12.2 Å². The Morgan fingerprint density at radius 2 is 1.71 bits per heavy atom. The number of anilines is 1. The van der Waals surface area contributed by atoms with Gasteiger partial charge in [0, 0.05) is 12.7 Å². The van der Waals surface area contributed by atoms with E-state index in [-0.39, 0.29) is 19.9 Å². The van der Waals surface area contributed by atoms with E-state index in [4.69, 9.17) is 9.47 Å². The predicted octanol–water partition coefficient (Wildman–Crippen LogP) is 2.20. The highest BCUT2D eigenvalue weighted by Crippen LogP contribution is 2.11. The molecule has 7 nitrogen and oxygen atoms in total. The van der Waals surface area contributed by atoms with E-state index in [9.17, 15) is 9.59 Å². The molecule has 1 aromatic rings. The highest BCUT2D eigenvalue weighted by molar-refractivity contribution is 5.74. The van der Waals surface area contributed by atoms with Crippen molar-refractivity contribution in [2.45, 2.75) is 13.8 Å². The van der Waals surface area contributed by atoms with Crippen LogP contribution in [0.4, 0.5) is 15.3 Å². The van der Waals surface area contributed by atoms with E-state index in [0.29, 0.717) is 0 Å². The smallest absolute Gasteiger partial charge is 0.430 e. The molecule has 0 unspecified atom stereocenters. The lowest BCUT2D eigenvalue weighted by molar-refractivity contribution is 0.0748. The molecule has 7 heteroatoms. The van der Waals surface area contributed by atoms with Crippen LogP contribution < -0.4 is 10.3 Å². The monoisotopic (exact) mass is 295 g/mol. The van der Waals surface area contributed by atoms with Crippen molar-refractivity contribution in [1.29, 1.82) is 0 Å². The maximum Gasteiger partial charge on any atom is 0.430 e. The van der Waals surface area contributed by atoms with Gasteiger partial charge < -0.3 is 14.4 Å². The number of carbonyl (C=O) groups is 2. The summed E-state index contributed by atoms with van der Waals surface area (Å²) in [6.45, 7) is 3.94. The van der Waals surface area contributed by atoms with Crippen molar-refractivity contribution in [3.8, 4) is 0 Å². The molecule has 0 aromatic heterocycles. The second-order valence-electron chi connectivity index (χ2n) is 4.13. The molecule has 116 valence electrons. The molecular weight excluding hydrogens is 274 g/mol. The Labute approximate surface area is 124 Å². The summed E-state index contributed by atoms with van der Waals surface area (Å²) in [6.07, 6.45) is -1.35. The number of amides is 2. The fourth-order valence-corrected chi connectivity index (χ4v) is 1.59. The Morgan fingerprint density at radius 3 is 2.29 bits per heavy atom. The highest BCUT2D eigenvalue weighted by Gasteiger charge is 2.19. The molecule has 0 aliphatic heterocycles. The van der Waals surface area contributed by atoms with Crippen molar-refractivity contribution in [2.75, 3.05) is 31.8 Å². The predicted molar refractivity (Wildman–Crippen MR) is 78.7 cm³/mol. The van der Waals surface area contributed by atoms with Gasteiger partial charge in [-0.25, -0.2) is 15.0 Å². The SMILES string of the molecule is CCOC(=O)NN(CN(C)c1ccccc1)C(=O)OCC. The van der Waals surface area contributed by atoms with Crippen molar-refractivity contribution < 1.29 is 19.1 Å². The highest BCUT2D eigenvalue weighted by atomic mass is 16.6. The zero-order valence-corrected chi connectivity index (χ0v) is 12.5. The van der Waals surface area contributed by atoms with E-state index in [0.717, 1.165) is 10.7 Å². The third-order valence-electron chi connectivity index (χ3n) is 2.54. The fourth-order valence-electron chi connectivity index (χ4n) is 1.59. The lowest BCUT2D eigenvalue weighted by Crippen LogP contribution is -2.51. The lowest BCUT2D eigenvalue weighted by atomic mass is 10.3. The van der Waals surface area contributed by atoms with Gasteiger partial charge in [-0.2, -0.15) is 5.01 Å². The first kappa shape index (κ1) is 16.6. The number of hydrazine groups is 1. The largest absolute Gasteiger partial charge is 0.449 e. The number of nitrogens with zero attached hydrogens (tertiary/aromatic N) is 2. The molecule has 0 bridgehead atoms. The standard InChI is InChI=1S/C14H21N3O4/c1-4-20-13(18)15-17(14(19)21-5-2)11-16(3)12-9-7-6-8-10-12/h6-10H,4-5,11H2,1-3H3,(H,15,18). The summed E-state index contributed by atoms with van der Waals surface area (Å²) in [7, 11) is 1.80. The minimum atomic E-state index is -0.702. The van der Waals surface area contributed by atoms with Crippen molar-refractivity contribution >= 4 is 17.9 Å². The van der Waals surface area contributed by atoms with Crippen molar-refractivity contribution in [2.24, 2.45) is 0 Å². The van der Waals surface area contributed by atoms with Crippen LogP contribution in [-0.4, -0.2) is 44.1 Å². The Kier molecular flexibility index (Phi) is 6.86. The number of hydrogen-bond donors (Lipinski definition) is 1. The Morgan fingerprint density at radius 1 is 1.10 bits per heavy atom. The minimum absolute atomic E-state index is 0.127. The van der Waals surface area contributed by atoms with Gasteiger partial charge in [-0.1, -0.05) is 18.2 Å². The van der Waals surface area contributed by atoms with Crippen molar-refractivity contribution in [3.63, 3.8) is 0 Å². The first-order chi connectivity index (χ1) is 10.1. The summed E-state index contributed by atoms with van der Waals surface area (Å²) in [5, 5.41) is 1.06. The van der Waals surface area contributed by atoms with Crippen LogP contribution in [0, 0.1) is 0 Å². The van der Waals surface area contributed by atoms with Crippen LogP contribution >= 0.6 is 0 Å².